The number of aryl methyl sites for hydroxylation is 2. The average molecular weight is 462 g/mol. The molecule has 0 unspecified atom stereocenters. The lowest BCUT2D eigenvalue weighted by Gasteiger charge is -2.14. The maximum Gasteiger partial charge on any atom is 0.416 e. The minimum Gasteiger partial charge on any atom is -0.352 e. The molecular formula is C19H16F6N4OS. The lowest BCUT2D eigenvalue weighted by molar-refractivity contribution is -0.143. The monoisotopic (exact) mass is 462 g/mol. The first kappa shape index (κ1) is 22.8. The standard InChI is InChI=1S/C19H16F6N4OS/c1-10-5-11(2)29(28-10)17-27-15(9-31-17)3-4-26-16(30)12-6-13(18(20,21)22)8-14(7-12)19(23,24)25/h5-9H,3-4H2,1-2H3,(H,26,30). The van der Waals surface area contributed by atoms with E-state index in [4.69, 9.17) is 0 Å². The van der Waals surface area contributed by atoms with Crippen LogP contribution < -0.4 is 5.32 Å². The molecule has 12 heteroatoms. The molecule has 0 fully saturated rings. The van der Waals surface area contributed by atoms with Gasteiger partial charge in [0.2, 0.25) is 5.13 Å². The van der Waals surface area contributed by atoms with E-state index in [-0.39, 0.29) is 19.0 Å². The van der Waals surface area contributed by atoms with Crippen molar-refractivity contribution in [3.8, 4) is 5.13 Å². The Labute approximate surface area is 176 Å². The van der Waals surface area contributed by atoms with E-state index in [0.29, 0.717) is 23.0 Å². The van der Waals surface area contributed by atoms with Crippen LogP contribution in [0.2, 0.25) is 0 Å². The number of hydrogen-bond donors (Lipinski definition) is 1. The van der Waals surface area contributed by atoms with Gasteiger partial charge in [-0.1, -0.05) is 0 Å². The zero-order valence-corrected chi connectivity index (χ0v) is 17.0. The number of aromatic nitrogens is 3. The van der Waals surface area contributed by atoms with Gasteiger partial charge >= 0.3 is 12.4 Å². The summed E-state index contributed by atoms with van der Waals surface area (Å²) >= 11 is 1.32. The molecule has 31 heavy (non-hydrogen) atoms. The number of hydrogen-bond acceptors (Lipinski definition) is 4. The molecule has 3 rings (SSSR count). The molecule has 166 valence electrons. The van der Waals surface area contributed by atoms with Crippen molar-refractivity contribution in [3.63, 3.8) is 0 Å². The van der Waals surface area contributed by atoms with Crippen molar-refractivity contribution in [2.45, 2.75) is 32.6 Å². The highest BCUT2D eigenvalue weighted by Crippen LogP contribution is 2.36. The number of carbonyl (C=O) groups excluding carboxylic acids is 1. The van der Waals surface area contributed by atoms with Crippen LogP contribution in [0, 0.1) is 13.8 Å². The van der Waals surface area contributed by atoms with Gasteiger partial charge in [-0.2, -0.15) is 31.4 Å². The van der Waals surface area contributed by atoms with Crippen molar-refractivity contribution < 1.29 is 31.1 Å². The molecule has 5 nitrogen and oxygen atoms in total. The predicted octanol–water partition coefficient (Wildman–Crippen LogP) is 4.96. The molecule has 1 N–H and O–H groups in total. The first-order chi connectivity index (χ1) is 14.3. The highest BCUT2D eigenvalue weighted by atomic mass is 32.1. The van der Waals surface area contributed by atoms with Crippen LogP contribution in [0.4, 0.5) is 26.3 Å². The lowest BCUT2D eigenvalue weighted by atomic mass is 10.0. The number of benzene rings is 1. The van der Waals surface area contributed by atoms with E-state index < -0.39 is 35.0 Å². The summed E-state index contributed by atoms with van der Waals surface area (Å²) in [5, 5.41) is 9.00. The number of halogens is 6. The molecule has 0 spiro atoms. The van der Waals surface area contributed by atoms with Crippen LogP contribution in [-0.2, 0) is 18.8 Å². The summed E-state index contributed by atoms with van der Waals surface area (Å²) in [4.78, 5) is 16.6. The Kier molecular flexibility index (Phi) is 6.12. The first-order valence-corrected chi connectivity index (χ1v) is 9.78. The molecule has 0 aliphatic heterocycles. The molecule has 2 aromatic heterocycles. The molecule has 1 amide bonds. The van der Waals surface area contributed by atoms with Crippen molar-refractivity contribution in [1.82, 2.24) is 20.1 Å². The minimum absolute atomic E-state index is 0.0171. The fourth-order valence-electron chi connectivity index (χ4n) is 2.82. The second-order valence-electron chi connectivity index (χ2n) is 6.76. The van der Waals surface area contributed by atoms with E-state index in [1.807, 2.05) is 19.9 Å². The lowest BCUT2D eigenvalue weighted by Crippen LogP contribution is -2.26. The Morgan fingerprint density at radius 2 is 1.65 bits per heavy atom. The molecule has 0 radical (unpaired) electrons. The van der Waals surface area contributed by atoms with Gasteiger partial charge in [0.25, 0.3) is 5.91 Å². The number of alkyl halides is 6. The van der Waals surface area contributed by atoms with Crippen LogP contribution in [-0.4, -0.2) is 27.2 Å². The Morgan fingerprint density at radius 3 is 2.16 bits per heavy atom. The third kappa shape index (κ3) is 5.43. The van der Waals surface area contributed by atoms with Crippen molar-refractivity contribution in [3.05, 3.63) is 63.4 Å². The highest BCUT2D eigenvalue weighted by molar-refractivity contribution is 7.12. The van der Waals surface area contributed by atoms with Crippen molar-refractivity contribution in [2.75, 3.05) is 6.54 Å². The summed E-state index contributed by atoms with van der Waals surface area (Å²) in [5.74, 6) is -1.04. The van der Waals surface area contributed by atoms with Crippen LogP contribution in [0.3, 0.4) is 0 Å². The molecule has 2 heterocycles. The van der Waals surface area contributed by atoms with Gasteiger partial charge in [-0.3, -0.25) is 4.79 Å². The SMILES string of the molecule is Cc1cc(C)n(-c2nc(CCNC(=O)c3cc(C(F)(F)F)cc(C(F)(F)F)c3)cs2)n1. The third-order valence-corrected chi connectivity index (χ3v) is 5.11. The molecule has 0 atom stereocenters. The van der Waals surface area contributed by atoms with Crippen molar-refractivity contribution >= 4 is 17.2 Å². The maximum absolute atomic E-state index is 12.9. The maximum atomic E-state index is 12.9. The molecule has 3 aromatic rings. The zero-order chi connectivity index (χ0) is 23.0. The van der Waals surface area contributed by atoms with Gasteiger partial charge in [0.15, 0.2) is 0 Å². The highest BCUT2D eigenvalue weighted by Gasteiger charge is 2.37. The van der Waals surface area contributed by atoms with E-state index in [9.17, 15) is 31.1 Å². The van der Waals surface area contributed by atoms with Crippen LogP contribution in [0.5, 0.6) is 0 Å². The Balaban J connectivity index is 1.69. The quantitative estimate of drug-likeness (QED) is 0.546. The molecule has 0 saturated heterocycles. The number of amides is 1. The largest absolute Gasteiger partial charge is 0.416 e. The van der Waals surface area contributed by atoms with Crippen LogP contribution >= 0.6 is 11.3 Å². The second kappa shape index (κ2) is 8.33. The molecule has 1 aromatic carbocycles. The normalized spacial score (nSPS) is 12.3. The second-order valence-corrected chi connectivity index (χ2v) is 7.60. The third-order valence-electron chi connectivity index (χ3n) is 4.25. The molecular weight excluding hydrogens is 446 g/mol. The summed E-state index contributed by atoms with van der Waals surface area (Å²) in [6.45, 7) is 3.69. The topological polar surface area (TPSA) is 59.8 Å². The summed E-state index contributed by atoms with van der Waals surface area (Å²) in [6, 6.07) is 2.65. The van der Waals surface area contributed by atoms with Crippen molar-refractivity contribution in [1.29, 1.82) is 0 Å². The number of nitrogens with zero attached hydrogens (tertiary/aromatic N) is 3. The van der Waals surface area contributed by atoms with Crippen LogP contribution in [0.25, 0.3) is 5.13 Å². The average Bonchev–Trinajstić information content (AvgIpc) is 3.25. The fourth-order valence-corrected chi connectivity index (χ4v) is 3.69. The molecule has 0 bridgehead atoms. The molecule has 0 aliphatic carbocycles. The van der Waals surface area contributed by atoms with Gasteiger partial charge < -0.3 is 5.32 Å². The van der Waals surface area contributed by atoms with Crippen molar-refractivity contribution in [2.24, 2.45) is 0 Å². The number of thiazole rings is 1. The first-order valence-electron chi connectivity index (χ1n) is 8.90. The van der Waals surface area contributed by atoms with Gasteiger partial charge in [-0.05, 0) is 38.1 Å². The Hall–Kier alpha value is -2.89. The number of carbonyl (C=O) groups is 1. The smallest absolute Gasteiger partial charge is 0.352 e. The van der Waals surface area contributed by atoms with E-state index >= 15 is 0 Å². The summed E-state index contributed by atoms with van der Waals surface area (Å²) in [6.07, 6.45) is -9.79. The van der Waals surface area contributed by atoms with Gasteiger partial charge in [-0.15, -0.1) is 11.3 Å². The van der Waals surface area contributed by atoms with E-state index in [1.54, 1.807) is 10.1 Å². The van der Waals surface area contributed by atoms with E-state index in [0.717, 1.165) is 11.4 Å². The Morgan fingerprint density at radius 1 is 1.03 bits per heavy atom. The fraction of sp³-hybridized carbons (Fsp3) is 0.316. The number of nitrogens with one attached hydrogen (secondary N) is 1. The number of rotatable bonds is 5. The van der Waals surface area contributed by atoms with Gasteiger partial charge in [0, 0.05) is 29.6 Å². The van der Waals surface area contributed by atoms with Gasteiger partial charge in [0.1, 0.15) is 0 Å². The van der Waals surface area contributed by atoms with E-state index in [1.165, 1.54) is 11.3 Å². The molecule has 0 aliphatic rings. The van der Waals surface area contributed by atoms with Gasteiger partial charge in [-0.25, -0.2) is 9.67 Å². The molecule has 0 saturated carbocycles. The van der Waals surface area contributed by atoms with E-state index in [2.05, 4.69) is 15.4 Å². The Bertz CT molecular complexity index is 1070. The minimum atomic E-state index is -5.02. The van der Waals surface area contributed by atoms with Crippen LogP contribution in [0.1, 0.15) is 38.6 Å². The summed E-state index contributed by atoms with van der Waals surface area (Å²) in [5.41, 5.74) is -1.49. The van der Waals surface area contributed by atoms with Crippen LogP contribution in [0.15, 0.2) is 29.6 Å². The zero-order valence-electron chi connectivity index (χ0n) is 16.2. The van der Waals surface area contributed by atoms with Gasteiger partial charge in [0.05, 0.1) is 22.5 Å². The summed E-state index contributed by atoms with van der Waals surface area (Å²) < 4.78 is 79.2. The predicted molar refractivity (Wildman–Crippen MR) is 101 cm³/mol. The summed E-state index contributed by atoms with van der Waals surface area (Å²) in [7, 11) is 0.